The predicted molar refractivity (Wildman–Crippen MR) is 116 cm³/mol. The zero-order valence-electron chi connectivity index (χ0n) is 17.3. The van der Waals surface area contributed by atoms with Crippen LogP contribution in [-0.2, 0) is 4.79 Å². The fourth-order valence-electron chi connectivity index (χ4n) is 5.40. The average molecular weight is 414 g/mol. The van der Waals surface area contributed by atoms with Crippen molar-refractivity contribution in [2.24, 2.45) is 23.2 Å². The van der Waals surface area contributed by atoms with Crippen molar-refractivity contribution < 1.29 is 4.79 Å². The van der Waals surface area contributed by atoms with E-state index in [1.54, 1.807) is 13.1 Å². The van der Waals surface area contributed by atoms with E-state index in [0.717, 1.165) is 18.5 Å². The van der Waals surface area contributed by atoms with E-state index in [0.29, 0.717) is 28.8 Å². The Labute approximate surface area is 176 Å². The number of para-hydroxylation sites is 1. The second-order valence-corrected chi connectivity index (χ2v) is 9.39. The summed E-state index contributed by atoms with van der Waals surface area (Å²) in [5.74, 6) is 1.95. The normalized spacial score (nSPS) is 29.5. The van der Waals surface area contributed by atoms with Crippen LogP contribution in [0.5, 0.6) is 0 Å². The van der Waals surface area contributed by atoms with Crippen LogP contribution >= 0.6 is 11.6 Å². The summed E-state index contributed by atoms with van der Waals surface area (Å²) in [5.41, 5.74) is 0.657. The molecule has 5 rings (SSSR count). The molecule has 0 radical (unpaired) electrons. The molecule has 1 aromatic carbocycles. The first kappa shape index (κ1) is 20.0. The average Bonchev–Trinajstić information content (AvgIpc) is 2.67. The van der Waals surface area contributed by atoms with E-state index in [2.05, 4.69) is 46.7 Å². The molecule has 3 N–H and O–H groups in total. The number of nitrogens with zero attached hydrogens (tertiary/aromatic N) is 2. The molecule has 0 aliphatic heterocycles. The Morgan fingerprint density at radius 3 is 2.52 bits per heavy atom. The number of halogens is 1. The zero-order valence-corrected chi connectivity index (χ0v) is 18.0. The molecule has 3 aliphatic carbocycles. The summed E-state index contributed by atoms with van der Waals surface area (Å²) >= 11 is 6.30. The maximum atomic E-state index is 12.7. The van der Waals surface area contributed by atoms with E-state index in [4.69, 9.17) is 11.6 Å². The van der Waals surface area contributed by atoms with Crippen molar-refractivity contribution in [1.82, 2.24) is 15.3 Å². The number of amides is 1. The summed E-state index contributed by atoms with van der Waals surface area (Å²) in [6, 6.07) is 11.4. The molecule has 29 heavy (non-hydrogen) atoms. The van der Waals surface area contributed by atoms with E-state index < -0.39 is 5.54 Å². The molecular formula is C22H28ClN5O. The van der Waals surface area contributed by atoms with Crippen molar-refractivity contribution in [3.63, 3.8) is 0 Å². The molecule has 2 bridgehead atoms. The molecule has 1 aromatic heterocycles. The minimum atomic E-state index is -0.417. The second-order valence-electron chi connectivity index (χ2n) is 9.01. The highest BCUT2D eigenvalue weighted by Crippen LogP contribution is 2.65. The Balaban J connectivity index is 1.64. The molecule has 1 amide bonds. The van der Waals surface area contributed by atoms with Gasteiger partial charge in [0, 0.05) is 18.8 Å². The molecule has 2 aromatic rings. The maximum absolute atomic E-state index is 12.7. The summed E-state index contributed by atoms with van der Waals surface area (Å²) < 4.78 is 0. The Morgan fingerprint density at radius 2 is 1.86 bits per heavy atom. The van der Waals surface area contributed by atoms with Gasteiger partial charge in [-0.25, -0.2) is 4.98 Å². The summed E-state index contributed by atoms with van der Waals surface area (Å²) in [7, 11) is 1.71. The number of benzene rings is 1. The number of hydrogen-bond acceptors (Lipinski definition) is 5. The third-order valence-electron chi connectivity index (χ3n) is 7.12. The number of aromatic nitrogens is 2. The van der Waals surface area contributed by atoms with Crippen molar-refractivity contribution in [1.29, 1.82) is 0 Å². The molecule has 3 fully saturated rings. The molecule has 0 unspecified atom stereocenters. The Hall–Kier alpha value is -2.34. The summed E-state index contributed by atoms with van der Waals surface area (Å²) in [5, 5.41) is 9.99. The van der Waals surface area contributed by atoms with Gasteiger partial charge in [-0.3, -0.25) is 4.79 Å². The van der Waals surface area contributed by atoms with Crippen LogP contribution in [0.3, 0.4) is 0 Å². The first-order chi connectivity index (χ1) is 13.7. The standard InChI is InChI=1S/C22H28ClN5O/c1-21(2)13-10-15(19(29)24-4)22(3,16(21)11-13)28-18-12-17(23)26-20(27-18)25-14-8-6-5-7-9-14/h5-9,12-13,15-16H,10-11H2,1-4H3,(H,24,29)(H2,25,26,27,28)/t13-,15-,16-,22+/m1/s1. The van der Waals surface area contributed by atoms with Crippen molar-refractivity contribution in [3.8, 4) is 0 Å². The molecular weight excluding hydrogens is 386 g/mol. The summed E-state index contributed by atoms with van der Waals surface area (Å²) in [6.07, 6.45) is 2.00. The van der Waals surface area contributed by atoms with Crippen LogP contribution in [0.15, 0.2) is 36.4 Å². The second kappa shape index (κ2) is 7.17. The van der Waals surface area contributed by atoms with Crippen LogP contribution in [0.4, 0.5) is 17.5 Å². The summed E-state index contributed by atoms with van der Waals surface area (Å²) in [4.78, 5) is 21.6. The van der Waals surface area contributed by atoms with E-state index in [1.165, 1.54) is 0 Å². The van der Waals surface area contributed by atoms with Gasteiger partial charge < -0.3 is 16.0 Å². The fourth-order valence-corrected chi connectivity index (χ4v) is 5.58. The number of carbonyl (C=O) groups is 1. The number of anilines is 3. The maximum Gasteiger partial charge on any atom is 0.230 e. The van der Waals surface area contributed by atoms with Gasteiger partial charge in [0.05, 0.1) is 11.5 Å². The molecule has 7 heteroatoms. The lowest BCUT2D eigenvalue weighted by Crippen LogP contribution is -2.69. The van der Waals surface area contributed by atoms with Crippen molar-refractivity contribution in [2.45, 2.75) is 39.2 Å². The molecule has 0 spiro atoms. The zero-order chi connectivity index (χ0) is 20.8. The number of carbonyl (C=O) groups excluding carboxylic acids is 1. The third kappa shape index (κ3) is 3.44. The van der Waals surface area contributed by atoms with Gasteiger partial charge in [0.2, 0.25) is 11.9 Å². The van der Waals surface area contributed by atoms with Crippen LogP contribution in [-0.4, -0.2) is 28.5 Å². The van der Waals surface area contributed by atoms with Gasteiger partial charge in [0.25, 0.3) is 0 Å². The molecule has 0 saturated heterocycles. The highest BCUT2D eigenvalue weighted by molar-refractivity contribution is 6.29. The van der Waals surface area contributed by atoms with Crippen LogP contribution < -0.4 is 16.0 Å². The number of nitrogens with one attached hydrogen (secondary N) is 3. The largest absolute Gasteiger partial charge is 0.364 e. The molecule has 3 aliphatic rings. The SMILES string of the molecule is CNC(=O)[C@H]1C[C@@H]2C[C@H](C2(C)C)[C@@]1(C)Nc1cc(Cl)nc(Nc2ccccc2)n1. The van der Waals surface area contributed by atoms with E-state index in [1.807, 2.05) is 30.3 Å². The minimum Gasteiger partial charge on any atom is -0.364 e. The lowest BCUT2D eigenvalue weighted by molar-refractivity contribution is -0.155. The number of hydrogen-bond donors (Lipinski definition) is 3. The fraction of sp³-hybridized carbons (Fsp3) is 0.500. The lowest BCUT2D eigenvalue weighted by Gasteiger charge is -2.66. The van der Waals surface area contributed by atoms with Gasteiger partial charge in [0.15, 0.2) is 0 Å². The van der Waals surface area contributed by atoms with Gasteiger partial charge in [-0.15, -0.1) is 0 Å². The van der Waals surface area contributed by atoms with Gasteiger partial charge in [-0.05, 0) is 49.1 Å². The Bertz CT molecular complexity index is 919. The first-order valence-electron chi connectivity index (χ1n) is 10.1. The van der Waals surface area contributed by atoms with E-state index in [-0.39, 0.29) is 17.2 Å². The Morgan fingerprint density at radius 1 is 1.14 bits per heavy atom. The quantitative estimate of drug-likeness (QED) is 0.630. The topological polar surface area (TPSA) is 78.9 Å². The van der Waals surface area contributed by atoms with Crippen molar-refractivity contribution in [2.75, 3.05) is 17.7 Å². The van der Waals surface area contributed by atoms with Crippen LogP contribution in [0.1, 0.15) is 33.6 Å². The van der Waals surface area contributed by atoms with Crippen LogP contribution in [0.2, 0.25) is 5.15 Å². The monoisotopic (exact) mass is 413 g/mol. The van der Waals surface area contributed by atoms with Crippen molar-refractivity contribution >= 4 is 35.0 Å². The molecule has 4 atom stereocenters. The highest BCUT2D eigenvalue weighted by atomic mass is 35.5. The van der Waals surface area contributed by atoms with Crippen molar-refractivity contribution in [3.05, 3.63) is 41.6 Å². The minimum absolute atomic E-state index is 0.0768. The Kier molecular flexibility index (Phi) is 4.93. The van der Waals surface area contributed by atoms with Gasteiger partial charge >= 0.3 is 0 Å². The van der Waals surface area contributed by atoms with Gasteiger partial charge in [0.1, 0.15) is 11.0 Å². The predicted octanol–water partition coefficient (Wildman–Crippen LogP) is 4.47. The molecule has 154 valence electrons. The smallest absolute Gasteiger partial charge is 0.230 e. The van der Waals surface area contributed by atoms with Crippen LogP contribution in [0.25, 0.3) is 0 Å². The van der Waals surface area contributed by atoms with E-state index >= 15 is 0 Å². The highest BCUT2D eigenvalue weighted by Gasteiger charge is 2.64. The van der Waals surface area contributed by atoms with Crippen LogP contribution in [0, 0.1) is 23.2 Å². The van der Waals surface area contributed by atoms with E-state index in [9.17, 15) is 4.79 Å². The first-order valence-corrected chi connectivity index (χ1v) is 10.5. The third-order valence-corrected chi connectivity index (χ3v) is 7.32. The number of rotatable bonds is 5. The lowest BCUT2D eigenvalue weighted by atomic mass is 9.40. The molecule has 1 heterocycles. The molecule has 3 saturated carbocycles. The number of fused-ring (bicyclic) bond motifs is 2. The van der Waals surface area contributed by atoms with Gasteiger partial charge in [-0.1, -0.05) is 43.6 Å². The van der Waals surface area contributed by atoms with Gasteiger partial charge in [-0.2, -0.15) is 4.98 Å². The summed E-state index contributed by atoms with van der Waals surface area (Å²) in [6.45, 7) is 6.76. The molecule has 6 nitrogen and oxygen atoms in total.